The van der Waals surface area contributed by atoms with Crippen LogP contribution >= 0.6 is 15.9 Å². The minimum absolute atomic E-state index is 0.630. The molecule has 11 heavy (non-hydrogen) atoms. The molecular formula is C8H17BrN2. The number of piperazine rings is 1. The summed E-state index contributed by atoms with van der Waals surface area (Å²) in [5, 5.41) is 3.51. The molecule has 0 bridgehead atoms. The first kappa shape index (κ1) is 9.49. The summed E-state index contributed by atoms with van der Waals surface area (Å²) in [5.41, 5.74) is 0. The predicted molar refractivity (Wildman–Crippen MR) is 52.3 cm³/mol. The van der Waals surface area contributed by atoms with Crippen LogP contribution in [0.1, 0.15) is 13.3 Å². The van der Waals surface area contributed by atoms with Gasteiger partial charge >= 0.3 is 0 Å². The molecule has 0 saturated carbocycles. The van der Waals surface area contributed by atoms with Gasteiger partial charge in [-0.15, -0.1) is 0 Å². The number of alkyl halides is 1. The molecule has 1 rings (SSSR count). The first-order valence-electron chi connectivity index (χ1n) is 4.30. The van der Waals surface area contributed by atoms with Crippen molar-refractivity contribution in [2.24, 2.45) is 0 Å². The second kappa shape index (κ2) is 4.43. The molecular weight excluding hydrogens is 204 g/mol. The molecule has 1 N–H and O–H groups in total. The average molecular weight is 221 g/mol. The van der Waals surface area contributed by atoms with E-state index in [4.69, 9.17) is 0 Å². The van der Waals surface area contributed by atoms with Crippen molar-refractivity contribution in [3.63, 3.8) is 0 Å². The van der Waals surface area contributed by atoms with Crippen molar-refractivity contribution >= 4 is 15.9 Å². The van der Waals surface area contributed by atoms with Crippen LogP contribution in [0, 0.1) is 0 Å². The van der Waals surface area contributed by atoms with Crippen molar-refractivity contribution in [1.82, 2.24) is 10.2 Å². The number of nitrogens with zero attached hydrogens (tertiary/aromatic N) is 1. The summed E-state index contributed by atoms with van der Waals surface area (Å²) in [6.45, 7) is 5.70. The highest BCUT2D eigenvalue weighted by Gasteiger charge is 2.21. The molecule has 1 saturated heterocycles. The Hall–Kier alpha value is 0.400. The first-order valence-corrected chi connectivity index (χ1v) is 5.21. The molecule has 0 spiro atoms. The molecule has 0 amide bonds. The Balaban J connectivity index is 2.33. The molecule has 0 aliphatic carbocycles. The van der Waals surface area contributed by atoms with E-state index in [9.17, 15) is 0 Å². The standard InChI is InChI=1S/C8H17BrN2/c1-3-7(9)8-6-11(2)5-4-10-8/h7-8,10H,3-6H2,1-2H3. The van der Waals surface area contributed by atoms with Crippen molar-refractivity contribution in [3.8, 4) is 0 Å². The molecule has 0 aromatic carbocycles. The van der Waals surface area contributed by atoms with Gasteiger partial charge in [-0.1, -0.05) is 22.9 Å². The number of rotatable bonds is 2. The van der Waals surface area contributed by atoms with E-state index in [1.54, 1.807) is 0 Å². The van der Waals surface area contributed by atoms with Gasteiger partial charge in [-0.05, 0) is 13.5 Å². The summed E-state index contributed by atoms with van der Waals surface area (Å²) in [6, 6.07) is 0.638. The van der Waals surface area contributed by atoms with Gasteiger partial charge in [0.2, 0.25) is 0 Å². The van der Waals surface area contributed by atoms with E-state index in [1.807, 2.05) is 0 Å². The molecule has 0 aromatic rings. The Kier molecular flexibility index (Phi) is 3.82. The van der Waals surface area contributed by atoms with E-state index in [-0.39, 0.29) is 0 Å². The third-order valence-corrected chi connectivity index (χ3v) is 3.52. The third-order valence-electron chi connectivity index (χ3n) is 2.24. The van der Waals surface area contributed by atoms with Gasteiger partial charge in [0.15, 0.2) is 0 Å². The molecule has 1 aliphatic heterocycles. The fraction of sp³-hybridized carbons (Fsp3) is 1.00. The van der Waals surface area contributed by atoms with E-state index in [2.05, 4.69) is 40.1 Å². The monoisotopic (exact) mass is 220 g/mol. The van der Waals surface area contributed by atoms with Gasteiger partial charge in [-0.3, -0.25) is 0 Å². The number of nitrogens with one attached hydrogen (secondary N) is 1. The third kappa shape index (κ3) is 2.73. The van der Waals surface area contributed by atoms with Gasteiger partial charge in [0, 0.05) is 30.5 Å². The summed E-state index contributed by atoms with van der Waals surface area (Å²) >= 11 is 3.68. The molecule has 0 aromatic heterocycles. The topological polar surface area (TPSA) is 15.3 Å². The van der Waals surface area contributed by atoms with Gasteiger partial charge in [0.05, 0.1) is 0 Å². The van der Waals surface area contributed by atoms with Crippen molar-refractivity contribution in [1.29, 1.82) is 0 Å². The summed E-state index contributed by atoms with van der Waals surface area (Å²) in [4.78, 5) is 3.01. The Labute approximate surface area is 77.5 Å². The summed E-state index contributed by atoms with van der Waals surface area (Å²) in [5.74, 6) is 0. The van der Waals surface area contributed by atoms with Gasteiger partial charge in [0.25, 0.3) is 0 Å². The van der Waals surface area contributed by atoms with Crippen LogP contribution in [-0.2, 0) is 0 Å². The van der Waals surface area contributed by atoms with E-state index in [0.29, 0.717) is 10.9 Å². The molecule has 2 atom stereocenters. The van der Waals surface area contributed by atoms with Gasteiger partial charge in [-0.25, -0.2) is 0 Å². The zero-order valence-corrected chi connectivity index (χ0v) is 8.89. The number of likely N-dealkylation sites (N-methyl/N-ethyl adjacent to an activating group) is 1. The largest absolute Gasteiger partial charge is 0.310 e. The van der Waals surface area contributed by atoms with Crippen LogP contribution in [-0.4, -0.2) is 42.5 Å². The Morgan fingerprint density at radius 1 is 1.73 bits per heavy atom. The molecule has 1 fully saturated rings. The van der Waals surface area contributed by atoms with Crippen molar-refractivity contribution < 1.29 is 0 Å². The molecule has 2 nitrogen and oxygen atoms in total. The van der Waals surface area contributed by atoms with Crippen LogP contribution in [0.15, 0.2) is 0 Å². The van der Waals surface area contributed by atoms with E-state index < -0.39 is 0 Å². The van der Waals surface area contributed by atoms with Crippen LogP contribution in [0.4, 0.5) is 0 Å². The van der Waals surface area contributed by atoms with E-state index in [0.717, 1.165) is 6.54 Å². The van der Waals surface area contributed by atoms with Crippen LogP contribution in [0.25, 0.3) is 0 Å². The Morgan fingerprint density at radius 3 is 3.00 bits per heavy atom. The molecule has 2 unspecified atom stereocenters. The van der Waals surface area contributed by atoms with Crippen LogP contribution in [0.3, 0.4) is 0 Å². The lowest BCUT2D eigenvalue weighted by atomic mass is 10.1. The normalized spacial score (nSPS) is 30.3. The number of hydrogen-bond donors (Lipinski definition) is 1. The first-order chi connectivity index (χ1) is 5.24. The second-order valence-corrected chi connectivity index (χ2v) is 4.42. The number of hydrogen-bond acceptors (Lipinski definition) is 2. The lowest BCUT2D eigenvalue weighted by Gasteiger charge is -2.33. The van der Waals surface area contributed by atoms with Gasteiger partial charge < -0.3 is 10.2 Å². The van der Waals surface area contributed by atoms with Crippen molar-refractivity contribution in [3.05, 3.63) is 0 Å². The maximum absolute atomic E-state index is 3.68. The summed E-state index contributed by atoms with van der Waals surface area (Å²) < 4.78 is 0. The average Bonchev–Trinajstić information content (AvgIpc) is 2.03. The van der Waals surface area contributed by atoms with Gasteiger partial charge in [0.1, 0.15) is 0 Å². The second-order valence-electron chi connectivity index (χ2n) is 3.25. The Morgan fingerprint density at radius 2 is 2.45 bits per heavy atom. The highest BCUT2D eigenvalue weighted by molar-refractivity contribution is 9.09. The number of halogens is 1. The minimum Gasteiger partial charge on any atom is -0.310 e. The van der Waals surface area contributed by atoms with Crippen LogP contribution < -0.4 is 5.32 Å². The lowest BCUT2D eigenvalue weighted by molar-refractivity contribution is 0.236. The van der Waals surface area contributed by atoms with Gasteiger partial charge in [-0.2, -0.15) is 0 Å². The smallest absolute Gasteiger partial charge is 0.0320 e. The highest BCUT2D eigenvalue weighted by Crippen LogP contribution is 2.12. The van der Waals surface area contributed by atoms with Crippen molar-refractivity contribution in [2.75, 3.05) is 26.7 Å². The van der Waals surface area contributed by atoms with E-state index in [1.165, 1.54) is 19.5 Å². The van der Waals surface area contributed by atoms with E-state index >= 15 is 0 Å². The zero-order chi connectivity index (χ0) is 8.27. The fourth-order valence-electron chi connectivity index (χ4n) is 1.46. The maximum Gasteiger partial charge on any atom is 0.0320 e. The van der Waals surface area contributed by atoms with Crippen molar-refractivity contribution in [2.45, 2.75) is 24.2 Å². The molecule has 66 valence electrons. The minimum atomic E-state index is 0.630. The summed E-state index contributed by atoms with van der Waals surface area (Å²) in [7, 11) is 2.18. The maximum atomic E-state index is 3.68. The molecule has 1 aliphatic rings. The Bertz CT molecular complexity index is 119. The lowest BCUT2D eigenvalue weighted by Crippen LogP contribution is -2.52. The zero-order valence-electron chi connectivity index (χ0n) is 7.31. The van der Waals surface area contributed by atoms with Crippen LogP contribution in [0.2, 0.25) is 0 Å². The fourth-order valence-corrected chi connectivity index (χ4v) is 1.81. The van der Waals surface area contributed by atoms with Crippen LogP contribution in [0.5, 0.6) is 0 Å². The molecule has 3 heteroatoms. The highest BCUT2D eigenvalue weighted by atomic mass is 79.9. The molecule has 1 heterocycles. The summed E-state index contributed by atoms with van der Waals surface area (Å²) in [6.07, 6.45) is 1.20. The SMILES string of the molecule is CCC(Br)C1CN(C)CCN1. The predicted octanol–water partition coefficient (Wildman–Crippen LogP) is 1.06. The molecule has 0 radical (unpaired) electrons. The quantitative estimate of drug-likeness (QED) is 0.701.